The summed E-state index contributed by atoms with van der Waals surface area (Å²) in [5.74, 6) is -3.23. The average Bonchev–Trinajstić information content (AvgIpc) is 2.81. The first-order valence-electron chi connectivity index (χ1n) is 7.16. The number of hydrogen-bond donors (Lipinski definition) is 2. The molecule has 116 valence electrons. The molecule has 1 aromatic carbocycles. The Balaban J connectivity index is 1.69. The smallest absolute Gasteiger partial charge is 0.194 e. The highest BCUT2D eigenvalue weighted by atomic mass is 19.2. The van der Waals surface area contributed by atoms with Crippen LogP contribution in [0.15, 0.2) is 12.1 Å². The van der Waals surface area contributed by atoms with Crippen molar-refractivity contribution < 1.29 is 23.4 Å². The molecule has 6 heteroatoms. The SMILES string of the molecule is O[C@@H]1C[C@H]2CN(Cc3ccc(F)c(F)c3F)C[C@H]2C[C@@H]1O. The Bertz CT molecular complexity index is 522. The van der Waals surface area contributed by atoms with Crippen LogP contribution in [-0.4, -0.2) is 40.4 Å². The fourth-order valence-corrected chi connectivity index (χ4v) is 3.56. The van der Waals surface area contributed by atoms with E-state index in [4.69, 9.17) is 0 Å². The molecule has 0 aromatic heterocycles. The Morgan fingerprint density at radius 3 is 2.10 bits per heavy atom. The van der Waals surface area contributed by atoms with Crippen molar-refractivity contribution in [1.82, 2.24) is 4.90 Å². The highest BCUT2D eigenvalue weighted by molar-refractivity contribution is 5.20. The molecule has 0 unspecified atom stereocenters. The Morgan fingerprint density at radius 2 is 1.52 bits per heavy atom. The number of rotatable bonds is 2. The summed E-state index contributed by atoms with van der Waals surface area (Å²) in [5.41, 5.74) is 0.133. The summed E-state index contributed by atoms with van der Waals surface area (Å²) < 4.78 is 39.8. The second kappa shape index (κ2) is 5.59. The van der Waals surface area contributed by atoms with Crippen LogP contribution in [0.2, 0.25) is 0 Å². The lowest BCUT2D eigenvalue weighted by Crippen LogP contribution is -2.38. The molecular weight excluding hydrogens is 283 g/mol. The van der Waals surface area contributed by atoms with Crippen molar-refractivity contribution in [3.8, 4) is 0 Å². The standard InChI is InChI=1S/C15H18F3NO2/c16-11-2-1-8(14(17)15(11)18)5-19-6-9-3-12(20)13(21)4-10(9)7-19/h1-2,9-10,12-13,20-21H,3-7H2/t9-,10+,12+,13-. The second-order valence-electron chi connectivity index (χ2n) is 6.15. The van der Waals surface area contributed by atoms with Gasteiger partial charge in [0.15, 0.2) is 17.5 Å². The van der Waals surface area contributed by atoms with Crippen molar-refractivity contribution >= 4 is 0 Å². The molecule has 1 aliphatic heterocycles. The molecule has 0 radical (unpaired) electrons. The summed E-state index contributed by atoms with van der Waals surface area (Å²) >= 11 is 0. The molecule has 2 aliphatic rings. The van der Waals surface area contributed by atoms with E-state index in [2.05, 4.69) is 0 Å². The van der Waals surface area contributed by atoms with E-state index in [9.17, 15) is 23.4 Å². The quantitative estimate of drug-likeness (QED) is 0.817. The maximum absolute atomic E-state index is 13.7. The molecule has 1 heterocycles. The van der Waals surface area contributed by atoms with E-state index in [0.717, 1.165) is 6.07 Å². The van der Waals surface area contributed by atoms with Crippen molar-refractivity contribution in [1.29, 1.82) is 0 Å². The van der Waals surface area contributed by atoms with Crippen LogP contribution in [0.4, 0.5) is 13.2 Å². The molecule has 1 aliphatic carbocycles. The van der Waals surface area contributed by atoms with Gasteiger partial charge in [0.2, 0.25) is 0 Å². The third kappa shape index (κ3) is 2.80. The number of aliphatic hydroxyl groups is 2. The predicted octanol–water partition coefficient (Wildman–Crippen LogP) is 1.67. The van der Waals surface area contributed by atoms with Gasteiger partial charge in [-0.2, -0.15) is 0 Å². The molecule has 21 heavy (non-hydrogen) atoms. The minimum absolute atomic E-state index is 0.133. The zero-order chi connectivity index (χ0) is 15.1. The van der Waals surface area contributed by atoms with Crippen LogP contribution >= 0.6 is 0 Å². The van der Waals surface area contributed by atoms with Gasteiger partial charge in [0, 0.05) is 25.2 Å². The number of halogens is 3. The summed E-state index contributed by atoms with van der Waals surface area (Å²) in [6.07, 6.45) is -0.344. The van der Waals surface area contributed by atoms with Crippen LogP contribution in [0.3, 0.4) is 0 Å². The topological polar surface area (TPSA) is 43.7 Å². The molecule has 3 rings (SSSR count). The molecular formula is C15H18F3NO2. The summed E-state index contributed by atoms with van der Waals surface area (Å²) in [4.78, 5) is 1.97. The third-order valence-electron chi connectivity index (χ3n) is 4.69. The van der Waals surface area contributed by atoms with Crippen molar-refractivity contribution in [3.05, 3.63) is 35.1 Å². The monoisotopic (exact) mass is 301 g/mol. The summed E-state index contributed by atoms with van der Waals surface area (Å²) in [7, 11) is 0. The van der Waals surface area contributed by atoms with Gasteiger partial charge in [-0.3, -0.25) is 4.90 Å². The van der Waals surface area contributed by atoms with E-state index in [1.165, 1.54) is 6.07 Å². The summed E-state index contributed by atoms with van der Waals surface area (Å²) in [6, 6.07) is 2.20. The van der Waals surface area contributed by atoms with Crippen molar-refractivity contribution in [2.24, 2.45) is 11.8 Å². The van der Waals surface area contributed by atoms with Gasteiger partial charge < -0.3 is 10.2 Å². The van der Waals surface area contributed by atoms with Crippen LogP contribution in [-0.2, 0) is 6.54 Å². The van der Waals surface area contributed by atoms with Gasteiger partial charge in [0.05, 0.1) is 12.2 Å². The van der Waals surface area contributed by atoms with E-state index in [-0.39, 0.29) is 23.9 Å². The molecule has 2 fully saturated rings. The lowest BCUT2D eigenvalue weighted by atomic mass is 9.79. The van der Waals surface area contributed by atoms with E-state index in [1.807, 2.05) is 4.90 Å². The molecule has 0 amide bonds. The third-order valence-corrected chi connectivity index (χ3v) is 4.69. The highest BCUT2D eigenvalue weighted by Crippen LogP contribution is 2.37. The van der Waals surface area contributed by atoms with Crippen molar-refractivity contribution in [2.75, 3.05) is 13.1 Å². The van der Waals surface area contributed by atoms with Gasteiger partial charge in [-0.05, 0) is 30.7 Å². The van der Waals surface area contributed by atoms with E-state index < -0.39 is 29.7 Å². The normalized spacial score (nSPS) is 33.2. The Morgan fingerprint density at radius 1 is 0.952 bits per heavy atom. The zero-order valence-electron chi connectivity index (χ0n) is 11.5. The van der Waals surface area contributed by atoms with Gasteiger partial charge in [0.1, 0.15) is 0 Å². The molecule has 4 atom stereocenters. The van der Waals surface area contributed by atoms with Gasteiger partial charge in [-0.1, -0.05) is 6.07 Å². The number of hydrogen-bond acceptors (Lipinski definition) is 3. The Hall–Kier alpha value is -1.11. The van der Waals surface area contributed by atoms with Gasteiger partial charge >= 0.3 is 0 Å². The molecule has 0 bridgehead atoms. The second-order valence-corrected chi connectivity index (χ2v) is 6.15. The Kier molecular flexibility index (Phi) is 3.94. The summed E-state index contributed by atoms with van der Waals surface area (Å²) in [6.45, 7) is 1.56. The first kappa shape index (κ1) is 14.8. The maximum atomic E-state index is 13.7. The van der Waals surface area contributed by atoms with E-state index >= 15 is 0 Å². The van der Waals surface area contributed by atoms with Gasteiger partial charge in [0.25, 0.3) is 0 Å². The van der Waals surface area contributed by atoms with Crippen LogP contribution in [0.25, 0.3) is 0 Å². The molecule has 1 saturated heterocycles. The van der Waals surface area contributed by atoms with Crippen molar-refractivity contribution in [2.45, 2.75) is 31.6 Å². The number of fused-ring (bicyclic) bond motifs is 1. The number of nitrogens with zero attached hydrogens (tertiary/aromatic N) is 1. The van der Waals surface area contributed by atoms with Crippen molar-refractivity contribution in [3.63, 3.8) is 0 Å². The lowest BCUT2D eigenvalue weighted by molar-refractivity contribution is -0.0372. The van der Waals surface area contributed by atoms with E-state index in [1.54, 1.807) is 0 Å². The number of benzene rings is 1. The van der Waals surface area contributed by atoms with Gasteiger partial charge in [-0.15, -0.1) is 0 Å². The number of likely N-dealkylation sites (tertiary alicyclic amines) is 1. The molecule has 0 spiro atoms. The lowest BCUT2D eigenvalue weighted by Gasteiger charge is -2.32. The van der Waals surface area contributed by atoms with Gasteiger partial charge in [-0.25, -0.2) is 13.2 Å². The largest absolute Gasteiger partial charge is 0.390 e. The molecule has 3 nitrogen and oxygen atoms in total. The highest BCUT2D eigenvalue weighted by Gasteiger charge is 2.41. The fourth-order valence-electron chi connectivity index (χ4n) is 3.56. The minimum Gasteiger partial charge on any atom is -0.390 e. The number of aliphatic hydroxyl groups excluding tert-OH is 2. The zero-order valence-corrected chi connectivity index (χ0v) is 11.5. The van der Waals surface area contributed by atoms with Crippen LogP contribution in [0.5, 0.6) is 0 Å². The molecule has 1 aromatic rings. The summed E-state index contributed by atoms with van der Waals surface area (Å²) in [5, 5.41) is 19.4. The molecule has 1 saturated carbocycles. The van der Waals surface area contributed by atoms with Crippen LogP contribution < -0.4 is 0 Å². The minimum atomic E-state index is -1.44. The average molecular weight is 301 g/mol. The fraction of sp³-hybridized carbons (Fsp3) is 0.600. The Labute approximate surface area is 121 Å². The molecule has 2 N–H and O–H groups in total. The first-order valence-corrected chi connectivity index (χ1v) is 7.16. The van der Waals surface area contributed by atoms with Crippen LogP contribution in [0, 0.1) is 29.3 Å². The van der Waals surface area contributed by atoms with Crippen LogP contribution in [0.1, 0.15) is 18.4 Å². The maximum Gasteiger partial charge on any atom is 0.194 e. The first-order chi connectivity index (χ1) is 9.95. The van der Waals surface area contributed by atoms with E-state index in [0.29, 0.717) is 25.9 Å². The predicted molar refractivity (Wildman–Crippen MR) is 69.8 cm³/mol.